The Morgan fingerprint density at radius 1 is 1.69 bits per heavy atom. The second-order valence-corrected chi connectivity index (χ2v) is 3.04. The van der Waals surface area contributed by atoms with Gasteiger partial charge in [0.05, 0.1) is 0 Å². The predicted molar refractivity (Wildman–Crippen MR) is 52.0 cm³/mol. The predicted octanol–water partition coefficient (Wildman–Crippen LogP) is 0.677. The Morgan fingerprint density at radius 2 is 2.38 bits per heavy atom. The molecule has 0 saturated carbocycles. The molecule has 0 radical (unpaired) electrons. The number of hydrogen-bond acceptors (Lipinski definition) is 2. The molecule has 0 aromatic heterocycles. The SMILES string of the molecule is C#CCCC(=O)NC(C)CCCO. The highest BCUT2D eigenvalue weighted by Gasteiger charge is 2.05. The quantitative estimate of drug-likeness (QED) is 0.595. The summed E-state index contributed by atoms with van der Waals surface area (Å²) in [4.78, 5) is 11.1. The third-order valence-electron chi connectivity index (χ3n) is 1.70. The minimum atomic E-state index is -0.0108. The minimum absolute atomic E-state index is 0.0108. The highest BCUT2D eigenvalue weighted by Crippen LogP contribution is 1.96. The molecule has 3 heteroatoms. The van der Waals surface area contributed by atoms with Gasteiger partial charge in [0, 0.05) is 25.5 Å². The average Bonchev–Trinajstić information content (AvgIpc) is 2.11. The molecule has 0 bridgehead atoms. The fourth-order valence-electron chi connectivity index (χ4n) is 1.00. The minimum Gasteiger partial charge on any atom is -0.396 e. The first-order valence-corrected chi connectivity index (χ1v) is 4.54. The summed E-state index contributed by atoms with van der Waals surface area (Å²) in [6.45, 7) is 2.09. The van der Waals surface area contributed by atoms with Gasteiger partial charge < -0.3 is 10.4 Å². The van der Waals surface area contributed by atoms with Gasteiger partial charge in [0.2, 0.25) is 5.91 Å². The van der Waals surface area contributed by atoms with Crippen LogP contribution in [-0.4, -0.2) is 23.7 Å². The van der Waals surface area contributed by atoms with Gasteiger partial charge in [0.1, 0.15) is 0 Å². The van der Waals surface area contributed by atoms with Gasteiger partial charge in [0.25, 0.3) is 0 Å². The van der Waals surface area contributed by atoms with Crippen molar-refractivity contribution in [3.8, 4) is 12.3 Å². The van der Waals surface area contributed by atoms with E-state index in [0.29, 0.717) is 12.8 Å². The summed E-state index contributed by atoms with van der Waals surface area (Å²) < 4.78 is 0. The van der Waals surface area contributed by atoms with Crippen molar-refractivity contribution in [3.05, 3.63) is 0 Å². The van der Waals surface area contributed by atoms with E-state index in [1.165, 1.54) is 0 Å². The van der Waals surface area contributed by atoms with Crippen LogP contribution in [0.25, 0.3) is 0 Å². The standard InChI is InChI=1S/C10H17NO2/c1-3-4-7-10(13)11-9(2)6-5-8-12/h1,9,12H,4-8H2,2H3,(H,11,13). The van der Waals surface area contributed by atoms with E-state index in [-0.39, 0.29) is 18.6 Å². The summed E-state index contributed by atoms with van der Waals surface area (Å²) in [5, 5.41) is 11.4. The van der Waals surface area contributed by atoms with Gasteiger partial charge in [0.15, 0.2) is 0 Å². The van der Waals surface area contributed by atoms with Crippen LogP contribution < -0.4 is 5.32 Å². The summed E-state index contributed by atoms with van der Waals surface area (Å²) in [6.07, 6.45) is 7.42. The number of hydrogen-bond donors (Lipinski definition) is 2. The molecule has 0 aliphatic carbocycles. The lowest BCUT2D eigenvalue weighted by molar-refractivity contribution is -0.121. The lowest BCUT2D eigenvalue weighted by atomic mass is 10.2. The number of aliphatic hydroxyl groups is 1. The van der Waals surface area contributed by atoms with Crippen LogP contribution in [0.15, 0.2) is 0 Å². The molecule has 1 atom stereocenters. The Kier molecular flexibility index (Phi) is 7.04. The number of rotatable bonds is 6. The fraction of sp³-hybridized carbons (Fsp3) is 0.700. The van der Waals surface area contributed by atoms with Gasteiger partial charge >= 0.3 is 0 Å². The van der Waals surface area contributed by atoms with Crippen LogP contribution in [0, 0.1) is 12.3 Å². The van der Waals surface area contributed by atoms with Crippen molar-refractivity contribution < 1.29 is 9.90 Å². The first kappa shape index (κ1) is 12.0. The largest absolute Gasteiger partial charge is 0.396 e. The molecule has 0 spiro atoms. The maximum Gasteiger partial charge on any atom is 0.221 e. The molecule has 0 rings (SSSR count). The summed E-state index contributed by atoms with van der Waals surface area (Å²) in [7, 11) is 0. The van der Waals surface area contributed by atoms with Crippen molar-refractivity contribution in [1.29, 1.82) is 0 Å². The molecule has 0 aliphatic rings. The Morgan fingerprint density at radius 3 is 2.92 bits per heavy atom. The topological polar surface area (TPSA) is 49.3 Å². The monoisotopic (exact) mass is 183 g/mol. The molecule has 0 heterocycles. The third-order valence-corrected chi connectivity index (χ3v) is 1.70. The maximum absolute atomic E-state index is 11.1. The van der Waals surface area contributed by atoms with E-state index in [9.17, 15) is 4.79 Å². The summed E-state index contributed by atoms with van der Waals surface area (Å²) in [5.41, 5.74) is 0. The zero-order chi connectivity index (χ0) is 10.1. The molecule has 1 unspecified atom stereocenters. The van der Waals surface area contributed by atoms with Crippen molar-refractivity contribution in [2.24, 2.45) is 0 Å². The highest BCUT2D eigenvalue weighted by molar-refractivity contribution is 5.76. The summed E-state index contributed by atoms with van der Waals surface area (Å²) >= 11 is 0. The first-order chi connectivity index (χ1) is 6.20. The Labute approximate surface area is 79.5 Å². The smallest absolute Gasteiger partial charge is 0.221 e. The van der Waals surface area contributed by atoms with Crippen LogP contribution in [0.2, 0.25) is 0 Å². The molecule has 13 heavy (non-hydrogen) atoms. The van der Waals surface area contributed by atoms with E-state index in [1.54, 1.807) is 0 Å². The molecule has 0 aromatic carbocycles. The number of nitrogens with one attached hydrogen (secondary N) is 1. The third kappa shape index (κ3) is 7.35. The Balaban J connectivity index is 3.48. The lowest BCUT2D eigenvalue weighted by Gasteiger charge is -2.12. The molecular weight excluding hydrogens is 166 g/mol. The molecule has 3 nitrogen and oxygen atoms in total. The number of terminal acetylenes is 1. The number of carbonyl (C=O) groups is 1. The van der Waals surface area contributed by atoms with Gasteiger partial charge in [-0.2, -0.15) is 0 Å². The molecule has 74 valence electrons. The normalized spacial score (nSPS) is 11.8. The molecule has 0 aromatic rings. The van der Waals surface area contributed by atoms with Crippen LogP contribution in [0.5, 0.6) is 0 Å². The van der Waals surface area contributed by atoms with Crippen LogP contribution >= 0.6 is 0 Å². The molecule has 2 N–H and O–H groups in total. The highest BCUT2D eigenvalue weighted by atomic mass is 16.2. The molecule has 1 amide bonds. The number of amides is 1. The van der Waals surface area contributed by atoms with E-state index in [2.05, 4.69) is 11.2 Å². The molecule has 0 saturated heterocycles. The van der Waals surface area contributed by atoms with Gasteiger partial charge in [-0.05, 0) is 19.8 Å². The Hall–Kier alpha value is -1.01. The second kappa shape index (κ2) is 7.63. The summed E-state index contributed by atoms with van der Waals surface area (Å²) in [6, 6.07) is 0.123. The van der Waals surface area contributed by atoms with Gasteiger partial charge in [-0.3, -0.25) is 4.79 Å². The first-order valence-electron chi connectivity index (χ1n) is 4.54. The van der Waals surface area contributed by atoms with Crippen LogP contribution in [0.1, 0.15) is 32.6 Å². The van der Waals surface area contributed by atoms with Gasteiger partial charge in [-0.15, -0.1) is 12.3 Å². The average molecular weight is 183 g/mol. The number of aliphatic hydroxyl groups excluding tert-OH is 1. The van der Waals surface area contributed by atoms with Crippen LogP contribution in [0.3, 0.4) is 0 Å². The lowest BCUT2D eigenvalue weighted by Crippen LogP contribution is -2.32. The van der Waals surface area contributed by atoms with Crippen molar-refractivity contribution in [1.82, 2.24) is 5.32 Å². The van der Waals surface area contributed by atoms with Crippen molar-refractivity contribution in [2.45, 2.75) is 38.6 Å². The van der Waals surface area contributed by atoms with Gasteiger partial charge in [-0.1, -0.05) is 0 Å². The Bertz CT molecular complexity index is 184. The van der Waals surface area contributed by atoms with Crippen molar-refractivity contribution in [3.63, 3.8) is 0 Å². The van der Waals surface area contributed by atoms with E-state index < -0.39 is 0 Å². The molecule has 0 aliphatic heterocycles. The van der Waals surface area contributed by atoms with Crippen molar-refractivity contribution >= 4 is 5.91 Å². The zero-order valence-corrected chi connectivity index (χ0v) is 8.05. The van der Waals surface area contributed by atoms with E-state index in [1.807, 2.05) is 6.92 Å². The van der Waals surface area contributed by atoms with Crippen LogP contribution in [-0.2, 0) is 4.79 Å². The van der Waals surface area contributed by atoms with E-state index in [0.717, 1.165) is 12.8 Å². The summed E-state index contributed by atoms with van der Waals surface area (Å²) in [5.74, 6) is 2.40. The zero-order valence-electron chi connectivity index (χ0n) is 8.05. The molecular formula is C10H17NO2. The van der Waals surface area contributed by atoms with E-state index in [4.69, 9.17) is 11.5 Å². The molecule has 0 fully saturated rings. The van der Waals surface area contributed by atoms with Crippen molar-refractivity contribution in [2.75, 3.05) is 6.61 Å². The number of carbonyl (C=O) groups excluding carboxylic acids is 1. The van der Waals surface area contributed by atoms with E-state index >= 15 is 0 Å². The maximum atomic E-state index is 11.1. The second-order valence-electron chi connectivity index (χ2n) is 3.04. The fourth-order valence-corrected chi connectivity index (χ4v) is 1.00. The van der Waals surface area contributed by atoms with Crippen LogP contribution in [0.4, 0.5) is 0 Å². The van der Waals surface area contributed by atoms with Gasteiger partial charge in [-0.25, -0.2) is 0 Å².